The standard InChI is InChI=1S/C33H27N2S/c1-20-17-21(2)22(3)27(18-20)32-33-26(15-16-34(32)4)28-19-23(13-14-31(28)36-33)35-29-11-7-5-9-24(29)25-10-6-8-12-30(25)35/h5-19H,1-4H3/q+1. The normalized spacial score (nSPS) is 11.9. The monoisotopic (exact) mass is 483 g/mol. The van der Waals surface area contributed by atoms with E-state index < -0.39 is 0 Å². The van der Waals surface area contributed by atoms with Crippen molar-refractivity contribution in [3.8, 4) is 16.9 Å². The number of fused-ring (bicyclic) bond motifs is 6. The first-order valence-electron chi connectivity index (χ1n) is 12.4. The first-order valence-corrected chi connectivity index (χ1v) is 13.2. The van der Waals surface area contributed by atoms with Crippen molar-refractivity contribution in [2.24, 2.45) is 7.05 Å². The molecule has 0 unspecified atom stereocenters. The van der Waals surface area contributed by atoms with Crippen molar-refractivity contribution in [2.75, 3.05) is 0 Å². The van der Waals surface area contributed by atoms with Gasteiger partial charge in [0.25, 0.3) is 0 Å². The lowest BCUT2D eigenvalue weighted by molar-refractivity contribution is -0.659. The highest BCUT2D eigenvalue weighted by molar-refractivity contribution is 7.26. The van der Waals surface area contributed by atoms with Gasteiger partial charge in [0, 0.05) is 38.0 Å². The van der Waals surface area contributed by atoms with Crippen LogP contribution in [0, 0.1) is 20.8 Å². The SMILES string of the molecule is Cc1cc(C)c(C)c(-c2c3sc4ccc(-n5c6ccccc6c6ccccc65)cc4c3cc[n+]2C)c1. The lowest BCUT2D eigenvalue weighted by Crippen LogP contribution is -2.30. The molecule has 3 aromatic heterocycles. The minimum absolute atomic E-state index is 1.21. The quantitative estimate of drug-likeness (QED) is 0.218. The largest absolute Gasteiger partial charge is 0.309 e. The Morgan fingerprint density at radius 1 is 0.694 bits per heavy atom. The summed E-state index contributed by atoms with van der Waals surface area (Å²) in [5, 5.41) is 5.23. The number of aromatic nitrogens is 2. The number of thiophene rings is 1. The second kappa shape index (κ2) is 7.78. The molecule has 0 bridgehead atoms. The van der Waals surface area contributed by atoms with Crippen molar-refractivity contribution in [2.45, 2.75) is 20.8 Å². The van der Waals surface area contributed by atoms with E-state index in [1.807, 2.05) is 11.3 Å². The summed E-state index contributed by atoms with van der Waals surface area (Å²) in [6.07, 6.45) is 2.22. The van der Waals surface area contributed by atoms with Crippen LogP contribution in [0.1, 0.15) is 16.7 Å². The van der Waals surface area contributed by atoms with Crippen LogP contribution < -0.4 is 4.57 Å². The molecule has 0 amide bonds. The summed E-state index contributed by atoms with van der Waals surface area (Å²) in [6, 6.07) is 31.3. The van der Waals surface area contributed by atoms with Crippen LogP contribution in [0.4, 0.5) is 0 Å². The molecular formula is C33H27N2S+. The summed E-state index contributed by atoms with van der Waals surface area (Å²) < 4.78 is 7.37. The number of hydrogen-bond acceptors (Lipinski definition) is 1. The number of hydrogen-bond donors (Lipinski definition) is 0. The average Bonchev–Trinajstić information content (AvgIpc) is 3.41. The van der Waals surface area contributed by atoms with Crippen molar-refractivity contribution in [3.05, 3.63) is 108 Å². The first-order chi connectivity index (χ1) is 17.5. The molecule has 2 nitrogen and oxygen atoms in total. The third-order valence-corrected chi connectivity index (χ3v) is 8.84. The number of rotatable bonds is 2. The molecule has 0 saturated carbocycles. The van der Waals surface area contributed by atoms with E-state index in [-0.39, 0.29) is 0 Å². The van der Waals surface area contributed by atoms with Gasteiger partial charge in [0.1, 0.15) is 11.7 Å². The Hall–Kier alpha value is -3.95. The zero-order chi connectivity index (χ0) is 24.6. The van der Waals surface area contributed by atoms with Gasteiger partial charge in [-0.05, 0) is 68.3 Å². The van der Waals surface area contributed by atoms with Gasteiger partial charge in [0.15, 0.2) is 6.20 Å². The third-order valence-electron chi connectivity index (χ3n) is 7.65. The van der Waals surface area contributed by atoms with Crippen LogP contribution in [-0.2, 0) is 7.05 Å². The van der Waals surface area contributed by atoms with Gasteiger partial charge in [-0.2, -0.15) is 4.57 Å². The first kappa shape index (κ1) is 21.3. The molecule has 3 heteroatoms. The molecule has 4 aromatic carbocycles. The van der Waals surface area contributed by atoms with E-state index in [2.05, 4.69) is 128 Å². The zero-order valence-corrected chi connectivity index (χ0v) is 21.8. The van der Waals surface area contributed by atoms with Gasteiger partial charge in [-0.25, -0.2) is 0 Å². The zero-order valence-electron chi connectivity index (χ0n) is 21.0. The summed E-state index contributed by atoms with van der Waals surface area (Å²) in [6.45, 7) is 6.66. The van der Waals surface area contributed by atoms with Crippen LogP contribution in [0.25, 0.3) is 58.9 Å². The van der Waals surface area contributed by atoms with E-state index in [1.165, 1.54) is 75.6 Å². The fraction of sp³-hybridized carbons (Fsp3) is 0.121. The molecule has 0 aliphatic heterocycles. The van der Waals surface area contributed by atoms with E-state index >= 15 is 0 Å². The smallest absolute Gasteiger partial charge is 0.230 e. The van der Waals surface area contributed by atoms with E-state index in [4.69, 9.17) is 0 Å². The number of benzene rings is 4. The average molecular weight is 484 g/mol. The van der Waals surface area contributed by atoms with Gasteiger partial charge in [0.2, 0.25) is 5.69 Å². The number of nitrogens with zero attached hydrogens (tertiary/aromatic N) is 2. The highest BCUT2D eigenvalue weighted by atomic mass is 32.1. The maximum absolute atomic E-state index is 2.41. The van der Waals surface area contributed by atoms with Crippen LogP contribution in [0.5, 0.6) is 0 Å². The molecule has 0 radical (unpaired) electrons. The summed E-state index contributed by atoms with van der Waals surface area (Å²) in [7, 11) is 2.17. The fourth-order valence-electron chi connectivity index (χ4n) is 5.80. The molecule has 0 saturated heterocycles. The number of pyridine rings is 1. The number of para-hydroxylation sites is 2. The molecule has 0 fully saturated rings. The van der Waals surface area contributed by atoms with Crippen molar-refractivity contribution >= 4 is 53.3 Å². The van der Waals surface area contributed by atoms with Gasteiger partial charge < -0.3 is 4.57 Å². The van der Waals surface area contributed by atoms with Crippen LogP contribution in [0.2, 0.25) is 0 Å². The van der Waals surface area contributed by atoms with Gasteiger partial charge in [-0.1, -0.05) is 48.0 Å². The summed E-state index contributed by atoms with van der Waals surface area (Å²) >= 11 is 1.90. The van der Waals surface area contributed by atoms with Gasteiger partial charge >= 0.3 is 0 Å². The van der Waals surface area contributed by atoms with E-state index in [9.17, 15) is 0 Å². The Labute approximate surface area is 214 Å². The second-order valence-electron chi connectivity index (χ2n) is 9.92. The molecule has 3 heterocycles. The second-order valence-corrected chi connectivity index (χ2v) is 11.0. The number of aryl methyl sites for hydroxylation is 3. The molecule has 7 rings (SSSR count). The topological polar surface area (TPSA) is 8.81 Å². The Morgan fingerprint density at radius 3 is 2.11 bits per heavy atom. The van der Waals surface area contributed by atoms with Crippen molar-refractivity contribution < 1.29 is 4.57 Å². The lowest BCUT2D eigenvalue weighted by Gasteiger charge is -2.10. The predicted octanol–water partition coefficient (Wildman–Crippen LogP) is 8.57. The molecule has 7 aromatic rings. The molecule has 0 aliphatic rings. The Morgan fingerprint density at radius 2 is 1.39 bits per heavy atom. The van der Waals surface area contributed by atoms with Crippen LogP contribution in [-0.4, -0.2) is 4.57 Å². The molecule has 0 aliphatic carbocycles. The van der Waals surface area contributed by atoms with Crippen molar-refractivity contribution in [3.63, 3.8) is 0 Å². The van der Waals surface area contributed by atoms with E-state index in [0.717, 1.165) is 0 Å². The van der Waals surface area contributed by atoms with Gasteiger partial charge in [0.05, 0.1) is 16.6 Å². The molecule has 0 N–H and O–H groups in total. The Balaban J connectivity index is 1.54. The minimum atomic E-state index is 1.21. The van der Waals surface area contributed by atoms with Gasteiger partial charge in [-0.3, -0.25) is 0 Å². The molecular weight excluding hydrogens is 456 g/mol. The highest BCUT2D eigenvalue weighted by Gasteiger charge is 2.22. The fourth-order valence-corrected chi connectivity index (χ4v) is 7.08. The van der Waals surface area contributed by atoms with E-state index in [0.29, 0.717) is 0 Å². The van der Waals surface area contributed by atoms with Crippen LogP contribution in [0.15, 0.2) is 91.1 Å². The van der Waals surface area contributed by atoms with Crippen LogP contribution >= 0.6 is 11.3 Å². The molecule has 0 spiro atoms. The lowest BCUT2D eigenvalue weighted by atomic mass is 9.96. The van der Waals surface area contributed by atoms with Crippen molar-refractivity contribution in [1.29, 1.82) is 0 Å². The van der Waals surface area contributed by atoms with Crippen LogP contribution in [0.3, 0.4) is 0 Å². The van der Waals surface area contributed by atoms with E-state index in [1.54, 1.807) is 0 Å². The minimum Gasteiger partial charge on any atom is -0.309 e. The third kappa shape index (κ3) is 2.99. The predicted molar refractivity (Wildman–Crippen MR) is 154 cm³/mol. The maximum Gasteiger partial charge on any atom is 0.230 e. The Kier molecular flexibility index (Phi) is 4.61. The summed E-state index contributed by atoms with van der Waals surface area (Å²) in [5.41, 5.74) is 10.3. The molecule has 0 atom stereocenters. The Bertz CT molecular complexity index is 1930. The summed E-state index contributed by atoms with van der Waals surface area (Å²) in [5.74, 6) is 0. The molecule has 174 valence electrons. The maximum atomic E-state index is 2.41. The van der Waals surface area contributed by atoms with Crippen molar-refractivity contribution in [1.82, 2.24) is 4.57 Å². The highest BCUT2D eigenvalue weighted by Crippen LogP contribution is 2.41. The van der Waals surface area contributed by atoms with Gasteiger partial charge in [-0.15, -0.1) is 11.3 Å². The summed E-state index contributed by atoms with van der Waals surface area (Å²) in [4.78, 5) is 0. The molecule has 36 heavy (non-hydrogen) atoms.